The van der Waals surface area contributed by atoms with Crippen LogP contribution in [0.4, 0.5) is 0 Å². The van der Waals surface area contributed by atoms with E-state index in [4.69, 9.17) is 4.74 Å². The lowest BCUT2D eigenvalue weighted by molar-refractivity contribution is 0.00752. The maximum atomic E-state index is 5.48. The van der Waals surface area contributed by atoms with Gasteiger partial charge in [0, 0.05) is 39.3 Å². The Balaban J connectivity index is 1.80. The van der Waals surface area contributed by atoms with Crippen LogP contribution < -0.4 is 10.6 Å². The standard InChI is InChI=1S/C18H32N4OS/c1-14(2)17(22-6-8-23-9-7-22)12-21-18(19-4)20-11-15(3)16-5-10-24-13-16/h5,10,13-15,17H,6-9,11-12H2,1-4H3,(H2,19,20,21). The molecule has 0 amide bonds. The van der Waals surface area contributed by atoms with Gasteiger partial charge < -0.3 is 15.4 Å². The Hall–Kier alpha value is -1.11. The first-order valence-corrected chi connectivity index (χ1v) is 9.84. The van der Waals surface area contributed by atoms with Gasteiger partial charge in [-0.2, -0.15) is 11.3 Å². The summed E-state index contributed by atoms with van der Waals surface area (Å²) in [6.07, 6.45) is 0. The molecule has 1 aromatic rings. The van der Waals surface area contributed by atoms with Crippen molar-refractivity contribution in [1.29, 1.82) is 0 Å². The molecule has 1 fully saturated rings. The molecule has 0 spiro atoms. The molecule has 1 aromatic heterocycles. The minimum Gasteiger partial charge on any atom is -0.379 e. The van der Waals surface area contributed by atoms with E-state index in [1.54, 1.807) is 11.3 Å². The highest BCUT2D eigenvalue weighted by atomic mass is 32.1. The number of hydrogen-bond acceptors (Lipinski definition) is 4. The zero-order chi connectivity index (χ0) is 17.4. The van der Waals surface area contributed by atoms with E-state index in [0.29, 0.717) is 17.9 Å². The predicted octanol–water partition coefficient (Wildman–Crippen LogP) is 2.37. The van der Waals surface area contributed by atoms with Gasteiger partial charge in [0.25, 0.3) is 0 Å². The summed E-state index contributed by atoms with van der Waals surface area (Å²) in [4.78, 5) is 6.90. The van der Waals surface area contributed by atoms with E-state index < -0.39 is 0 Å². The lowest BCUT2D eigenvalue weighted by atomic mass is 10.0. The molecule has 5 nitrogen and oxygen atoms in total. The monoisotopic (exact) mass is 352 g/mol. The van der Waals surface area contributed by atoms with Crippen LogP contribution in [0.15, 0.2) is 21.8 Å². The van der Waals surface area contributed by atoms with Crippen LogP contribution in [0.3, 0.4) is 0 Å². The van der Waals surface area contributed by atoms with Crippen LogP contribution >= 0.6 is 11.3 Å². The van der Waals surface area contributed by atoms with Crippen LogP contribution in [0.5, 0.6) is 0 Å². The van der Waals surface area contributed by atoms with E-state index >= 15 is 0 Å². The molecule has 1 saturated heterocycles. The van der Waals surface area contributed by atoms with Crippen molar-refractivity contribution in [3.63, 3.8) is 0 Å². The third-order valence-electron chi connectivity index (χ3n) is 4.67. The molecular formula is C18H32N4OS. The summed E-state index contributed by atoms with van der Waals surface area (Å²) in [7, 11) is 1.84. The van der Waals surface area contributed by atoms with Gasteiger partial charge in [-0.05, 0) is 34.2 Å². The SMILES string of the molecule is CN=C(NCC(C)c1ccsc1)NCC(C(C)C)N1CCOCC1. The molecule has 136 valence electrons. The maximum Gasteiger partial charge on any atom is 0.191 e. The highest BCUT2D eigenvalue weighted by Gasteiger charge is 2.23. The first-order chi connectivity index (χ1) is 11.6. The van der Waals surface area contributed by atoms with Crippen LogP contribution in [-0.2, 0) is 4.74 Å². The van der Waals surface area contributed by atoms with E-state index in [1.165, 1.54) is 5.56 Å². The fourth-order valence-electron chi connectivity index (χ4n) is 3.04. The normalized spacial score (nSPS) is 19.3. The second-order valence-corrected chi connectivity index (χ2v) is 7.53. The van der Waals surface area contributed by atoms with Crippen molar-refractivity contribution in [3.8, 4) is 0 Å². The van der Waals surface area contributed by atoms with Gasteiger partial charge in [0.1, 0.15) is 0 Å². The Bertz CT molecular complexity index is 483. The molecule has 2 N–H and O–H groups in total. The van der Waals surface area contributed by atoms with Gasteiger partial charge in [0.2, 0.25) is 0 Å². The zero-order valence-corrected chi connectivity index (χ0v) is 16.2. The Morgan fingerprint density at radius 2 is 1.96 bits per heavy atom. The summed E-state index contributed by atoms with van der Waals surface area (Å²) in [6, 6.07) is 2.70. The van der Waals surface area contributed by atoms with Crippen molar-refractivity contribution < 1.29 is 4.74 Å². The molecule has 0 saturated carbocycles. The number of rotatable bonds is 7. The summed E-state index contributed by atoms with van der Waals surface area (Å²) in [5.74, 6) is 1.96. The van der Waals surface area contributed by atoms with E-state index in [9.17, 15) is 0 Å². The Labute approximate surface area is 150 Å². The molecule has 2 rings (SSSR count). The highest BCUT2D eigenvalue weighted by molar-refractivity contribution is 7.07. The van der Waals surface area contributed by atoms with Crippen LogP contribution in [-0.4, -0.2) is 63.3 Å². The Morgan fingerprint density at radius 1 is 1.25 bits per heavy atom. The van der Waals surface area contributed by atoms with Crippen molar-refractivity contribution in [2.45, 2.75) is 32.7 Å². The molecule has 0 aromatic carbocycles. The predicted molar refractivity (Wildman–Crippen MR) is 103 cm³/mol. The average Bonchev–Trinajstić information content (AvgIpc) is 3.13. The number of thiophene rings is 1. The summed E-state index contributed by atoms with van der Waals surface area (Å²) < 4.78 is 5.48. The molecule has 0 aliphatic carbocycles. The van der Waals surface area contributed by atoms with E-state index in [0.717, 1.165) is 45.4 Å². The number of guanidine groups is 1. The van der Waals surface area contributed by atoms with E-state index in [1.807, 2.05) is 7.05 Å². The number of morpholine rings is 1. The van der Waals surface area contributed by atoms with Crippen LogP contribution in [0, 0.1) is 5.92 Å². The van der Waals surface area contributed by atoms with E-state index in [-0.39, 0.29) is 0 Å². The largest absolute Gasteiger partial charge is 0.379 e. The average molecular weight is 353 g/mol. The summed E-state index contributed by atoms with van der Waals surface area (Å²) in [6.45, 7) is 12.3. The van der Waals surface area contributed by atoms with E-state index in [2.05, 4.69) is 58.1 Å². The maximum absolute atomic E-state index is 5.48. The molecule has 0 bridgehead atoms. The van der Waals surface area contributed by atoms with Crippen molar-refractivity contribution in [2.24, 2.45) is 10.9 Å². The molecule has 0 radical (unpaired) electrons. The van der Waals surface area contributed by atoms with Gasteiger partial charge in [-0.15, -0.1) is 0 Å². The molecular weight excluding hydrogens is 320 g/mol. The van der Waals surface area contributed by atoms with Crippen molar-refractivity contribution in [1.82, 2.24) is 15.5 Å². The second kappa shape index (κ2) is 10.0. The third-order valence-corrected chi connectivity index (χ3v) is 5.38. The zero-order valence-electron chi connectivity index (χ0n) is 15.4. The molecule has 2 heterocycles. The first-order valence-electron chi connectivity index (χ1n) is 8.90. The first kappa shape index (κ1) is 19.2. The minimum atomic E-state index is 0.481. The van der Waals surface area contributed by atoms with Gasteiger partial charge in [-0.1, -0.05) is 20.8 Å². The minimum absolute atomic E-state index is 0.481. The van der Waals surface area contributed by atoms with Crippen LogP contribution in [0.1, 0.15) is 32.3 Å². The van der Waals surface area contributed by atoms with Gasteiger partial charge in [-0.3, -0.25) is 9.89 Å². The van der Waals surface area contributed by atoms with Crippen molar-refractivity contribution in [2.75, 3.05) is 46.4 Å². The fraction of sp³-hybridized carbons (Fsp3) is 0.722. The number of aliphatic imine (C=N–C) groups is 1. The van der Waals surface area contributed by atoms with Crippen molar-refractivity contribution in [3.05, 3.63) is 22.4 Å². The number of hydrogen-bond donors (Lipinski definition) is 2. The summed E-state index contributed by atoms with van der Waals surface area (Å²) in [5.41, 5.74) is 1.39. The van der Waals surface area contributed by atoms with Gasteiger partial charge in [-0.25, -0.2) is 0 Å². The fourth-order valence-corrected chi connectivity index (χ4v) is 3.82. The number of nitrogens with zero attached hydrogens (tertiary/aromatic N) is 2. The Morgan fingerprint density at radius 3 is 2.54 bits per heavy atom. The van der Waals surface area contributed by atoms with Crippen LogP contribution in [0.2, 0.25) is 0 Å². The topological polar surface area (TPSA) is 48.9 Å². The Kier molecular flexibility index (Phi) is 8.02. The van der Waals surface area contributed by atoms with Gasteiger partial charge in [0.15, 0.2) is 5.96 Å². The molecule has 24 heavy (non-hydrogen) atoms. The lowest BCUT2D eigenvalue weighted by Crippen LogP contribution is -2.52. The molecule has 2 atom stereocenters. The second-order valence-electron chi connectivity index (χ2n) is 6.75. The number of nitrogens with one attached hydrogen (secondary N) is 2. The third kappa shape index (κ3) is 5.76. The highest BCUT2D eigenvalue weighted by Crippen LogP contribution is 2.17. The lowest BCUT2D eigenvalue weighted by Gasteiger charge is -2.37. The summed E-state index contributed by atoms with van der Waals surface area (Å²) in [5, 5.41) is 11.3. The molecule has 1 aliphatic heterocycles. The smallest absolute Gasteiger partial charge is 0.191 e. The van der Waals surface area contributed by atoms with Crippen molar-refractivity contribution >= 4 is 17.3 Å². The van der Waals surface area contributed by atoms with Gasteiger partial charge >= 0.3 is 0 Å². The molecule has 1 aliphatic rings. The molecule has 6 heteroatoms. The molecule has 2 unspecified atom stereocenters. The number of ether oxygens (including phenoxy) is 1. The van der Waals surface area contributed by atoms with Gasteiger partial charge in [0.05, 0.1) is 13.2 Å². The summed E-state index contributed by atoms with van der Waals surface area (Å²) >= 11 is 1.75. The quantitative estimate of drug-likeness (QED) is 0.584. The van der Waals surface area contributed by atoms with Crippen LogP contribution in [0.25, 0.3) is 0 Å².